The molecule has 1 atom stereocenters. The van der Waals surface area contributed by atoms with E-state index in [0.29, 0.717) is 20.8 Å². The maximum absolute atomic E-state index is 11.9. The van der Waals surface area contributed by atoms with Crippen LogP contribution in [-0.2, 0) is 0 Å². The molecule has 1 unspecified atom stereocenters. The van der Waals surface area contributed by atoms with Crippen LogP contribution < -0.4 is 11.1 Å². The molecule has 0 radical (unpaired) electrons. The van der Waals surface area contributed by atoms with E-state index in [-0.39, 0.29) is 11.9 Å². The summed E-state index contributed by atoms with van der Waals surface area (Å²) in [6, 6.07) is 10.9. The van der Waals surface area contributed by atoms with Crippen molar-refractivity contribution in [1.82, 2.24) is 5.32 Å². The van der Waals surface area contributed by atoms with Crippen LogP contribution in [0.5, 0.6) is 0 Å². The smallest absolute Gasteiger partial charge is 0.253 e. The Bertz CT molecular complexity index is 571. The van der Waals surface area contributed by atoms with Crippen LogP contribution in [-0.4, -0.2) is 12.5 Å². The third kappa shape index (κ3) is 3.70. The van der Waals surface area contributed by atoms with Gasteiger partial charge in [0.05, 0.1) is 9.90 Å². The molecule has 1 heterocycles. The van der Waals surface area contributed by atoms with Gasteiger partial charge in [-0.15, -0.1) is 11.3 Å². The largest absolute Gasteiger partial charge is 0.350 e. The molecule has 2 rings (SSSR count). The lowest BCUT2D eigenvalue weighted by Gasteiger charge is -2.12. The molecule has 0 aliphatic rings. The van der Waals surface area contributed by atoms with E-state index in [4.69, 9.17) is 28.9 Å². The molecule has 1 amide bonds. The van der Waals surface area contributed by atoms with Crippen LogP contribution in [0.3, 0.4) is 0 Å². The lowest BCUT2D eigenvalue weighted by Crippen LogP contribution is -2.31. The summed E-state index contributed by atoms with van der Waals surface area (Å²) in [5.41, 5.74) is 7.35. The minimum Gasteiger partial charge on any atom is -0.350 e. The van der Waals surface area contributed by atoms with Crippen LogP contribution in [0.25, 0.3) is 0 Å². The lowest BCUT2D eigenvalue weighted by atomic mass is 10.1. The highest BCUT2D eigenvalue weighted by atomic mass is 35.5. The Balaban J connectivity index is 1.96. The standard InChI is InChI=1S/C13H12Cl2N2OS/c14-11-6-9(12(15)19-11)13(18)17-7-10(16)8-4-2-1-3-5-8/h1-6,10H,7,16H2,(H,17,18). The highest BCUT2D eigenvalue weighted by molar-refractivity contribution is 7.20. The van der Waals surface area contributed by atoms with Gasteiger partial charge in [0.2, 0.25) is 0 Å². The summed E-state index contributed by atoms with van der Waals surface area (Å²) in [7, 11) is 0. The van der Waals surface area contributed by atoms with Gasteiger partial charge >= 0.3 is 0 Å². The zero-order chi connectivity index (χ0) is 13.8. The van der Waals surface area contributed by atoms with Crippen LogP contribution in [0, 0.1) is 0 Å². The molecule has 0 saturated carbocycles. The van der Waals surface area contributed by atoms with E-state index in [1.807, 2.05) is 30.3 Å². The number of thiophene rings is 1. The first-order chi connectivity index (χ1) is 9.08. The van der Waals surface area contributed by atoms with Crippen molar-refractivity contribution in [2.24, 2.45) is 5.73 Å². The molecule has 1 aromatic heterocycles. The second-order valence-corrected chi connectivity index (χ2v) is 6.25. The number of carbonyl (C=O) groups excluding carboxylic acids is 1. The van der Waals surface area contributed by atoms with E-state index in [0.717, 1.165) is 5.56 Å². The van der Waals surface area contributed by atoms with Gasteiger partial charge in [-0.1, -0.05) is 53.5 Å². The van der Waals surface area contributed by atoms with Crippen molar-refractivity contribution in [2.75, 3.05) is 6.54 Å². The van der Waals surface area contributed by atoms with E-state index in [9.17, 15) is 4.79 Å². The van der Waals surface area contributed by atoms with Crippen LogP contribution in [0.2, 0.25) is 8.67 Å². The maximum Gasteiger partial charge on any atom is 0.253 e. The quantitative estimate of drug-likeness (QED) is 0.907. The molecule has 0 aliphatic carbocycles. The second-order valence-electron chi connectivity index (χ2n) is 3.97. The number of benzene rings is 1. The van der Waals surface area contributed by atoms with Gasteiger partial charge in [-0.3, -0.25) is 4.79 Å². The highest BCUT2D eigenvalue weighted by Gasteiger charge is 2.15. The molecule has 6 heteroatoms. The van der Waals surface area contributed by atoms with Crippen molar-refractivity contribution < 1.29 is 4.79 Å². The molecule has 0 bridgehead atoms. The minimum absolute atomic E-state index is 0.252. The van der Waals surface area contributed by atoms with Crippen molar-refractivity contribution in [2.45, 2.75) is 6.04 Å². The highest BCUT2D eigenvalue weighted by Crippen LogP contribution is 2.30. The average Bonchev–Trinajstić information content (AvgIpc) is 2.75. The maximum atomic E-state index is 11.9. The van der Waals surface area contributed by atoms with Crippen molar-refractivity contribution >= 4 is 40.4 Å². The molecule has 1 aromatic carbocycles. The van der Waals surface area contributed by atoms with Crippen molar-refractivity contribution in [3.63, 3.8) is 0 Å². The number of hydrogen-bond acceptors (Lipinski definition) is 3. The summed E-state index contributed by atoms with van der Waals surface area (Å²) in [4.78, 5) is 11.9. The van der Waals surface area contributed by atoms with E-state index < -0.39 is 0 Å². The summed E-state index contributed by atoms with van der Waals surface area (Å²) in [5.74, 6) is -0.264. The fourth-order valence-corrected chi connectivity index (χ4v) is 3.07. The van der Waals surface area contributed by atoms with Crippen LogP contribution >= 0.6 is 34.5 Å². The molecular weight excluding hydrogens is 303 g/mol. The monoisotopic (exact) mass is 314 g/mol. The summed E-state index contributed by atoms with van der Waals surface area (Å²) in [5, 5.41) is 2.75. The summed E-state index contributed by atoms with van der Waals surface area (Å²) < 4.78 is 0.873. The van der Waals surface area contributed by atoms with Gasteiger partial charge in [0.25, 0.3) is 5.91 Å². The number of amides is 1. The van der Waals surface area contributed by atoms with Crippen LogP contribution in [0.1, 0.15) is 22.0 Å². The Morgan fingerprint density at radius 1 is 1.32 bits per heavy atom. The predicted molar refractivity (Wildman–Crippen MR) is 80.0 cm³/mol. The SMILES string of the molecule is NC(CNC(=O)c1cc(Cl)sc1Cl)c1ccccc1. The molecule has 0 spiro atoms. The third-order valence-electron chi connectivity index (χ3n) is 2.61. The second kappa shape index (κ2) is 6.39. The van der Waals surface area contributed by atoms with Crippen molar-refractivity contribution in [3.05, 3.63) is 56.2 Å². The van der Waals surface area contributed by atoms with Crippen molar-refractivity contribution in [1.29, 1.82) is 0 Å². The Morgan fingerprint density at radius 3 is 2.58 bits per heavy atom. The minimum atomic E-state index is -0.264. The van der Waals surface area contributed by atoms with Gasteiger partial charge in [0.1, 0.15) is 4.34 Å². The first-order valence-electron chi connectivity index (χ1n) is 5.61. The Hall–Kier alpha value is -1.07. The van der Waals surface area contributed by atoms with Gasteiger partial charge in [-0.2, -0.15) is 0 Å². The number of nitrogens with one attached hydrogen (secondary N) is 1. The molecule has 0 saturated heterocycles. The van der Waals surface area contributed by atoms with Crippen LogP contribution in [0.15, 0.2) is 36.4 Å². The molecule has 3 nitrogen and oxygen atoms in total. The zero-order valence-electron chi connectivity index (χ0n) is 9.90. The number of nitrogens with two attached hydrogens (primary N) is 1. The zero-order valence-corrected chi connectivity index (χ0v) is 12.2. The van der Waals surface area contributed by atoms with E-state index in [1.165, 1.54) is 11.3 Å². The lowest BCUT2D eigenvalue weighted by molar-refractivity contribution is 0.0952. The molecule has 19 heavy (non-hydrogen) atoms. The van der Waals surface area contributed by atoms with Gasteiger partial charge in [0.15, 0.2) is 0 Å². The van der Waals surface area contributed by atoms with Gasteiger partial charge < -0.3 is 11.1 Å². The van der Waals surface area contributed by atoms with Gasteiger partial charge in [0, 0.05) is 12.6 Å². The van der Waals surface area contributed by atoms with Crippen LogP contribution in [0.4, 0.5) is 0 Å². The van der Waals surface area contributed by atoms with E-state index >= 15 is 0 Å². The number of hydrogen-bond donors (Lipinski definition) is 2. The summed E-state index contributed by atoms with van der Waals surface area (Å²) >= 11 is 12.9. The molecule has 2 aromatic rings. The number of halogens is 2. The number of carbonyl (C=O) groups is 1. The molecule has 3 N–H and O–H groups in total. The molecular formula is C13H12Cl2N2OS. The Labute approximate surface area is 125 Å². The fourth-order valence-electron chi connectivity index (χ4n) is 1.61. The third-order valence-corrected chi connectivity index (χ3v) is 4.10. The summed E-state index contributed by atoms with van der Waals surface area (Å²) in [6.45, 7) is 0.340. The predicted octanol–water partition coefficient (Wildman–Crippen LogP) is 3.48. The number of rotatable bonds is 4. The Kier molecular flexibility index (Phi) is 4.82. The van der Waals surface area contributed by atoms with Gasteiger partial charge in [-0.25, -0.2) is 0 Å². The normalized spacial score (nSPS) is 12.2. The Morgan fingerprint density at radius 2 is 2.00 bits per heavy atom. The van der Waals surface area contributed by atoms with Crippen molar-refractivity contribution in [3.8, 4) is 0 Å². The fraction of sp³-hybridized carbons (Fsp3) is 0.154. The molecule has 0 aliphatic heterocycles. The van der Waals surface area contributed by atoms with Gasteiger partial charge in [-0.05, 0) is 11.6 Å². The van der Waals surface area contributed by atoms with E-state index in [1.54, 1.807) is 6.07 Å². The topological polar surface area (TPSA) is 55.1 Å². The molecule has 0 fully saturated rings. The summed E-state index contributed by atoms with van der Waals surface area (Å²) in [6.07, 6.45) is 0. The molecule has 100 valence electrons. The average molecular weight is 315 g/mol. The van der Waals surface area contributed by atoms with E-state index in [2.05, 4.69) is 5.32 Å². The first kappa shape index (κ1) is 14.3. The first-order valence-corrected chi connectivity index (χ1v) is 7.18.